The first-order valence-corrected chi connectivity index (χ1v) is 13.8. The first-order chi connectivity index (χ1) is 19.9. The van der Waals surface area contributed by atoms with Crippen LogP contribution in [0.15, 0.2) is 60.7 Å². The molecule has 2 aromatic carbocycles. The van der Waals surface area contributed by atoms with Gasteiger partial charge >= 0.3 is 0 Å². The number of aromatic amines is 1. The lowest BCUT2D eigenvalue weighted by molar-refractivity contribution is -0.128. The van der Waals surface area contributed by atoms with Crippen molar-refractivity contribution < 1.29 is 33.2 Å². The Kier molecular flexibility index (Phi) is 6.61. The van der Waals surface area contributed by atoms with Crippen LogP contribution in [-0.2, 0) is 14.3 Å². The minimum Gasteiger partial charge on any atom is -0.489 e. The highest BCUT2D eigenvalue weighted by molar-refractivity contribution is 5.81. The number of H-pyrrole nitrogens is 1. The van der Waals surface area contributed by atoms with Gasteiger partial charge in [-0.05, 0) is 23.3 Å². The molecule has 212 valence electrons. The lowest BCUT2D eigenvalue weighted by atomic mass is 10.0. The van der Waals surface area contributed by atoms with Crippen LogP contribution in [0.1, 0.15) is 13.3 Å². The minimum absolute atomic E-state index is 0.00542. The predicted octanol–water partition coefficient (Wildman–Crippen LogP) is 3.94. The number of aliphatic hydroxyl groups is 1. The third-order valence-corrected chi connectivity index (χ3v) is 8.03. The van der Waals surface area contributed by atoms with Crippen molar-refractivity contribution in [2.75, 3.05) is 26.3 Å². The fraction of sp³-hybridized carbons (Fsp3) is 0.355. The molecule has 0 radical (unpaired) electrons. The van der Waals surface area contributed by atoms with Crippen LogP contribution in [0, 0.1) is 5.82 Å². The van der Waals surface area contributed by atoms with E-state index in [0.29, 0.717) is 35.6 Å². The van der Waals surface area contributed by atoms with Crippen molar-refractivity contribution in [2.45, 2.75) is 43.9 Å². The average Bonchev–Trinajstić information content (AvgIpc) is 3.76. The molecule has 0 saturated carbocycles. The number of amides is 1. The van der Waals surface area contributed by atoms with E-state index in [9.17, 15) is 9.90 Å². The van der Waals surface area contributed by atoms with Crippen molar-refractivity contribution in [2.24, 2.45) is 0 Å². The lowest BCUT2D eigenvalue weighted by Crippen LogP contribution is -2.34. The normalized spacial score (nSPS) is 25.5. The number of benzene rings is 2. The number of pyridine rings is 1. The van der Waals surface area contributed by atoms with E-state index in [2.05, 4.69) is 9.97 Å². The Balaban J connectivity index is 1.04. The number of halogens is 1. The van der Waals surface area contributed by atoms with Crippen molar-refractivity contribution in [3.8, 4) is 34.0 Å². The SMILES string of the molecule is CC(=O)N1CCC(Oc2ccc(-c3ccc(-c4nc5cc(O[C@@H]6CO[C@H]7[C@@H]6OC[C@H]7O)[nH]c5cc4F)cc3)cc2)C1. The van der Waals surface area contributed by atoms with E-state index in [0.717, 1.165) is 29.8 Å². The molecule has 41 heavy (non-hydrogen) atoms. The highest BCUT2D eigenvalue weighted by atomic mass is 19.1. The molecule has 2 N–H and O–H groups in total. The van der Waals surface area contributed by atoms with E-state index in [4.69, 9.17) is 18.9 Å². The molecule has 10 heteroatoms. The summed E-state index contributed by atoms with van der Waals surface area (Å²) in [6, 6.07) is 18.6. The Hall–Kier alpha value is -3.99. The highest BCUT2D eigenvalue weighted by Gasteiger charge is 2.48. The summed E-state index contributed by atoms with van der Waals surface area (Å²) < 4.78 is 38.4. The third-order valence-electron chi connectivity index (χ3n) is 8.03. The number of carbonyl (C=O) groups excluding carboxylic acids is 1. The van der Waals surface area contributed by atoms with Crippen molar-refractivity contribution in [3.05, 3.63) is 66.5 Å². The second-order valence-electron chi connectivity index (χ2n) is 10.8. The molecule has 3 fully saturated rings. The molecule has 1 amide bonds. The summed E-state index contributed by atoms with van der Waals surface area (Å²) in [5, 5.41) is 9.95. The van der Waals surface area contributed by atoms with Crippen LogP contribution in [0.4, 0.5) is 4.39 Å². The third kappa shape index (κ3) is 5.03. The molecule has 0 spiro atoms. The van der Waals surface area contributed by atoms with Gasteiger partial charge in [0.1, 0.15) is 35.9 Å². The van der Waals surface area contributed by atoms with Crippen LogP contribution in [0.25, 0.3) is 33.4 Å². The number of rotatable bonds is 6. The zero-order valence-electron chi connectivity index (χ0n) is 22.5. The first kappa shape index (κ1) is 25.9. The predicted molar refractivity (Wildman–Crippen MR) is 148 cm³/mol. The molecule has 7 rings (SSSR count). The van der Waals surface area contributed by atoms with Gasteiger partial charge in [-0.15, -0.1) is 0 Å². The number of aliphatic hydroxyl groups excluding tert-OH is 1. The van der Waals surface area contributed by atoms with Crippen molar-refractivity contribution in [1.82, 2.24) is 14.9 Å². The number of nitrogens with one attached hydrogen (secondary N) is 1. The smallest absolute Gasteiger partial charge is 0.219 e. The monoisotopic (exact) mass is 559 g/mol. The van der Waals surface area contributed by atoms with Crippen molar-refractivity contribution in [3.63, 3.8) is 0 Å². The van der Waals surface area contributed by atoms with E-state index in [-0.39, 0.29) is 36.5 Å². The molecular weight excluding hydrogens is 529 g/mol. The second kappa shape index (κ2) is 10.4. The van der Waals surface area contributed by atoms with Crippen LogP contribution < -0.4 is 9.47 Å². The molecule has 2 aromatic heterocycles. The number of carbonyl (C=O) groups is 1. The molecule has 1 unspecified atom stereocenters. The van der Waals surface area contributed by atoms with E-state index < -0.39 is 18.0 Å². The lowest BCUT2D eigenvalue weighted by Gasteiger charge is -2.16. The topological polar surface area (TPSA) is 106 Å². The number of likely N-dealkylation sites (tertiary alicyclic amines) is 1. The number of hydrogen-bond acceptors (Lipinski definition) is 7. The number of fused-ring (bicyclic) bond motifs is 2. The number of ether oxygens (including phenoxy) is 4. The maximum atomic E-state index is 15.1. The zero-order chi connectivity index (χ0) is 28.1. The van der Waals surface area contributed by atoms with Crippen molar-refractivity contribution >= 4 is 16.9 Å². The van der Waals surface area contributed by atoms with Gasteiger partial charge in [-0.2, -0.15) is 0 Å². The molecule has 5 heterocycles. The average molecular weight is 560 g/mol. The largest absolute Gasteiger partial charge is 0.489 e. The maximum Gasteiger partial charge on any atom is 0.219 e. The molecule has 3 aliphatic rings. The fourth-order valence-corrected chi connectivity index (χ4v) is 5.83. The van der Waals surface area contributed by atoms with E-state index >= 15 is 4.39 Å². The van der Waals surface area contributed by atoms with Crippen LogP contribution >= 0.6 is 0 Å². The molecule has 3 saturated heterocycles. The first-order valence-electron chi connectivity index (χ1n) is 13.8. The maximum absolute atomic E-state index is 15.1. The van der Waals surface area contributed by atoms with Gasteiger partial charge in [0.15, 0.2) is 17.8 Å². The number of hydrogen-bond donors (Lipinski definition) is 2. The fourth-order valence-electron chi connectivity index (χ4n) is 5.83. The van der Waals surface area contributed by atoms with Gasteiger partial charge in [-0.25, -0.2) is 9.37 Å². The van der Waals surface area contributed by atoms with Crippen molar-refractivity contribution in [1.29, 1.82) is 0 Å². The summed E-state index contributed by atoms with van der Waals surface area (Å²) in [7, 11) is 0. The summed E-state index contributed by atoms with van der Waals surface area (Å²) >= 11 is 0. The summed E-state index contributed by atoms with van der Waals surface area (Å²) in [5.74, 6) is 0.840. The van der Waals surface area contributed by atoms with Gasteiger partial charge in [0, 0.05) is 37.6 Å². The summed E-state index contributed by atoms with van der Waals surface area (Å²) in [5.41, 5.74) is 4.00. The van der Waals surface area contributed by atoms with Gasteiger partial charge in [0.05, 0.1) is 30.8 Å². The van der Waals surface area contributed by atoms with Gasteiger partial charge in [-0.3, -0.25) is 4.79 Å². The molecule has 3 aliphatic heterocycles. The Morgan fingerprint density at radius 1 is 1.00 bits per heavy atom. The van der Waals surface area contributed by atoms with Gasteiger partial charge < -0.3 is 33.9 Å². The molecule has 5 atom stereocenters. The van der Waals surface area contributed by atoms with E-state index in [1.54, 1.807) is 17.9 Å². The van der Waals surface area contributed by atoms with Gasteiger partial charge in [0.25, 0.3) is 0 Å². The van der Waals surface area contributed by atoms with E-state index in [1.165, 1.54) is 6.07 Å². The quantitative estimate of drug-likeness (QED) is 0.369. The molecule has 4 aromatic rings. The Morgan fingerprint density at radius 3 is 2.44 bits per heavy atom. The van der Waals surface area contributed by atoms with Gasteiger partial charge in [-0.1, -0.05) is 36.4 Å². The van der Waals surface area contributed by atoms with Crippen LogP contribution in [0.2, 0.25) is 0 Å². The standard InChI is InChI=1S/C31H30FN3O6/c1-17(36)35-11-10-22(14-35)40-21-8-6-19(7-9-21)18-2-4-20(5-3-18)29-23(32)12-24-25(34-29)13-28(33-24)41-27-16-39-30-26(37)15-38-31(27)30/h2-9,12-13,22,26-27,30-31,33,37H,10-11,14-16H2,1H3/t22?,26-,27-,30-,31-/m1/s1. The Bertz CT molecular complexity index is 1570. The number of aromatic nitrogens is 2. The van der Waals surface area contributed by atoms with Crippen LogP contribution in [-0.4, -0.2) is 82.7 Å². The Labute approximate surface area is 235 Å². The summed E-state index contributed by atoms with van der Waals surface area (Å²) in [4.78, 5) is 21.0. The minimum atomic E-state index is -0.655. The highest BCUT2D eigenvalue weighted by Crippen LogP contribution is 2.33. The molecule has 9 nitrogen and oxygen atoms in total. The second-order valence-corrected chi connectivity index (χ2v) is 10.8. The van der Waals surface area contributed by atoms with E-state index in [1.807, 2.05) is 48.5 Å². The Morgan fingerprint density at radius 2 is 1.71 bits per heavy atom. The molecule has 0 aliphatic carbocycles. The van der Waals surface area contributed by atoms with Gasteiger partial charge in [0.2, 0.25) is 5.91 Å². The summed E-state index contributed by atoms with van der Waals surface area (Å²) in [6.07, 6.45) is -0.930. The molecular formula is C31H30FN3O6. The number of nitrogens with zero attached hydrogens (tertiary/aromatic N) is 2. The zero-order valence-corrected chi connectivity index (χ0v) is 22.5. The van der Waals surface area contributed by atoms with Crippen LogP contribution in [0.5, 0.6) is 11.6 Å². The molecule has 0 bridgehead atoms. The summed E-state index contributed by atoms with van der Waals surface area (Å²) in [6.45, 7) is 3.44. The van der Waals surface area contributed by atoms with Crippen LogP contribution in [0.3, 0.4) is 0 Å².